The fourth-order valence-electron chi connectivity index (χ4n) is 2.53. The number of ether oxygens (including phenoxy) is 1. The lowest BCUT2D eigenvalue weighted by Crippen LogP contribution is -2.52. The van der Waals surface area contributed by atoms with Crippen molar-refractivity contribution >= 4 is 23.3 Å². The highest BCUT2D eigenvalue weighted by Crippen LogP contribution is 2.16. The van der Waals surface area contributed by atoms with Crippen LogP contribution in [0.3, 0.4) is 0 Å². The van der Waals surface area contributed by atoms with Crippen molar-refractivity contribution in [2.24, 2.45) is 0 Å². The Morgan fingerprint density at radius 2 is 1.79 bits per heavy atom. The van der Waals surface area contributed by atoms with Crippen LogP contribution < -0.4 is 10.6 Å². The average Bonchev–Trinajstić information content (AvgIpc) is 3.00. The molecule has 0 aliphatic carbocycles. The molecule has 0 atom stereocenters. The first kappa shape index (κ1) is 22.8. The zero-order chi connectivity index (χ0) is 21.7. The topological polar surface area (TPSA) is 80.3 Å². The van der Waals surface area contributed by atoms with E-state index in [-0.39, 0.29) is 24.7 Å². The van der Waals surface area contributed by atoms with E-state index in [0.717, 1.165) is 10.6 Å². The third-order valence-corrected chi connectivity index (χ3v) is 4.66. The molecule has 0 aliphatic heterocycles. The molecule has 6 nitrogen and oxygen atoms in total. The normalized spacial score (nSPS) is 11.8. The molecule has 0 saturated carbocycles. The van der Waals surface area contributed by atoms with E-state index in [2.05, 4.69) is 15.6 Å². The lowest BCUT2D eigenvalue weighted by Gasteiger charge is -2.27. The number of aromatic nitrogens is 1. The molecule has 0 bridgehead atoms. The van der Waals surface area contributed by atoms with Crippen LogP contribution >= 0.6 is 11.3 Å². The number of nitrogens with one attached hydrogen (secondary N) is 2. The molecule has 0 aliphatic rings. The van der Waals surface area contributed by atoms with Gasteiger partial charge in [0.05, 0.1) is 22.7 Å². The van der Waals surface area contributed by atoms with Gasteiger partial charge in [-0.3, -0.25) is 4.79 Å². The number of thiazole rings is 1. The molecule has 0 saturated heterocycles. The molecule has 2 amide bonds. The van der Waals surface area contributed by atoms with E-state index in [9.17, 15) is 14.0 Å². The van der Waals surface area contributed by atoms with Crippen LogP contribution in [0.2, 0.25) is 0 Å². The minimum Gasteiger partial charge on any atom is -0.444 e. The van der Waals surface area contributed by atoms with Crippen LogP contribution in [0.5, 0.6) is 0 Å². The van der Waals surface area contributed by atoms with Gasteiger partial charge in [-0.15, -0.1) is 11.3 Å². The lowest BCUT2D eigenvalue weighted by atomic mass is 10.1. The second-order valence-electron chi connectivity index (χ2n) is 8.50. The smallest absolute Gasteiger partial charge is 0.407 e. The van der Waals surface area contributed by atoms with Gasteiger partial charge in [-0.05, 0) is 52.3 Å². The van der Waals surface area contributed by atoms with Gasteiger partial charge in [-0.2, -0.15) is 0 Å². The molecular formula is C21H28FN3O3S. The maximum Gasteiger partial charge on any atom is 0.407 e. The van der Waals surface area contributed by atoms with Gasteiger partial charge >= 0.3 is 6.09 Å². The van der Waals surface area contributed by atoms with Crippen LogP contribution in [0.1, 0.15) is 50.9 Å². The van der Waals surface area contributed by atoms with Crippen LogP contribution in [0.25, 0.3) is 0 Å². The van der Waals surface area contributed by atoms with Gasteiger partial charge in [0.15, 0.2) is 0 Å². The molecule has 0 radical (unpaired) electrons. The third kappa shape index (κ3) is 8.60. The van der Waals surface area contributed by atoms with Crippen LogP contribution in [-0.4, -0.2) is 34.7 Å². The second kappa shape index (κ2) is 9.35. The van der Waals surface area contributed by atoms with Crippen molar-refractivity contribution in [1.82, 2.24) is 15.6 Å². The van der Waals surface area contributed by atoms with Crippen LogP contribution in [0.15, 0.2) is 29.6 Å². The van der Waals surface area contributed by atoms with E-state index in [4.69, 9.17) is 4.74 Å². The Bertz CT molecular complexity index is 842. The average molecular weight is 422 g/mol. The summed E-state index contributed by atoms with van der Waals surface area (Å²) in [7, 11) is 0. The number of hydrogen-bond donors (Lipinski definition) is 2. The number of carbonyl (C=O) groups is 2. The predicted octanol–water partition coefficient (Wildman–Crippen LogP) is 3.84. The van der Waals surface area contributed by atoms with Gasteiger partial charge in [0.2, 0.25) is 5.91 Å². The minimum atomic E-state index is -0.638. The van der Waals surface area contributed by atoms with Crippen molar-refractivity contribution in [3.63, 3.8) is 0 Å². The van der Waals surface area contributed by atoms with Crippen molar-refractivity contribution < 1.29 is 18.7 Å². The Hall–Kier alpha value is -2.48. The van der Waals surface area contributed by atoms with Crippen molar-refractivity contribution in [3.05, 3.63) is 51.7 Å². The molecule has 1 aromatic carbocycles. The summed E-state index contributed by atoms with van der Waals surface area (Å²) < 4.78 is 18.2. The predicted molar refractivity (Wildman–Crippen MR) is 111 cm³/mol. The standard InChI is InChI=1S/C21H28FN3O3S/c1-20(2,3)28-19(27)23-13-21(4,5)25-17(26)11-16-12-29-18(24-16)10-14-6-8-15(22)9-7-14/h6-9,12H,10-11,13H2,1-5H3,(H,23,27)(H,25,26). The molecule has 0 unspecified atom stereocenters. The summed E-state index contributed by atoms with van der Waals surface area (Å²) in [5.74, 6) is -0.450. The Kier molecular flexibility index (Phi) is 7.35. The summed E-state index contributed by atoms with van der Waals surface area (Å²) >= 11 is 1.47. The molecule has 29 heavy (non-hydrogen) atoms. The highest BCUT2D eigenvalue weighted by molar-refractivity contribution is 7.09. The van der Waals surface area contributed by atoms with Crippen molar-refractivity contribution in [1.29, 1.82) is 0 Å². The summed E-state index contributed by atoms with van der Waals surface area (Å²) in [4.78, 5) is 28.6. The van der Waals surface area contributed by atoms with Gasteiger partial charge in [0.1, 0.15) is 11.4 Å². The Balaban J connectivity index is 1.82. The van der Waals surface area contributed by atoms with Gasteiger partial charge in [-0.25, -0.2) is 14.2 Å². The van der Waals surface area contributed by atoms with Crippen molar-refractivity contribution in [2.45, 2.75) is 58.6 Å². The summed E-state index contributed by atoms with van der Waals surface area (Å²) in [6.45, 7) is 9.25. The SMILES string of the molecule is CC(C)(CNC(=O)OC(C)(C)C)NC(=O)Cc1csc(Cc2ccc(F)cc2)n1. The largest absolute Gasteiger partial charge is 0.444 e. The Morgan fingerprint density at radius 1 is 1.14 bits per heavy atom. The zero-order valence-electron chi connectivity index (χ0n) is 17.5. The molecule has 2 N–H and O–H groups in total. The third-order valence-electron chi connectivity index (χ3n) is 3.76. The number of alkyl carbamates (subject to hydrolysis) is 1. The number of benzene rings is 1. The summed E-state index contributed by atoms with van der Waals surface area (Å²) in [6, 6.07) is 6.29. The van der Waals surface area contributed by atoms with E-state index in [1.165, 1.54) is 23.5 Å². The highest BCUT2D eigenvalue weighted by atomic mass is 32.1. The highest BCUT2D eigenvalue weighted by Gasteiger charge is 2.23. The summed E-state index contributed by atoms with van der Waals surface area (Å²) in [6.07, 6.45) is 0.220. The number of carbonyl (C=O) groups excluding carboxylic acids is 2. The lowest BCUT2D eigenvalue weighted by molar-refractivity contribution is -0.122. The first-order valence-electron chi connectivity index (χ1n) is 9.37. The van der Waals surface area contributed by atoms with Gasteiger partial charge in [-0.1, -0.05) is 12.1 Å². The molecule has 2 rings (SSSR count). The van der Waals surface area contributed by atoms with Crippen molar-refractivity contribution in [2.75, 3.05) is 6.54 Å². The van der Waals surface area contributed by atoms with Gasteiger partial charge in [0.25, 0.3) is 0 Å². The number of nitrogens with zero attached hydrogens (tertiary/aromatic N) is 1. The summed E-state index contributed by atoms with van der Waals surface area (Å²) in [5.41, 5.74) is 0.431. The maximum absolute atomic E-state index is 13.0. The molecule has 158 valence electrons. The van der Waals surface area contributed by atoms with Crippen molar-refractivity contribution in [3.8, 4) is 0 Å². The van der Waals surface area contributed by atoms with Crippen LogP contribution in [-0.2, 0) is 22.4 Å². The fraction of sp³-hybridized carbons (Fsp3) is 0.476. The maximum atomic E-state index is 13.0. The van der Waals surface area contributed by atoms with Gasteiger partial charge in [0, 0.05) is 18.3 Å². The van der Waals surface area contributed by atoms with E-state index in [0.29, 0.717) is 12.1 Å². The number of rotatable bonds is 7. The van der Waals surface area contributed by atoms with Crippen LogP contribution in [0.4, 0.5) is 9.18 Å². The second-order valence-corrected chi connectivity index (χ2v) is 9.44. The molecule has 0 spiro atoms. The molecule has 8 heteroatoms. The van der Waals surface area contributed by atoms with Gasteiger partial charge < -0.3 is 15.4 Å². The minimum absolute atomic E-state index is 0.149. The number of amides is 2. The first-order valence-corrected chi connectivity index (χ1v) is 10.3. The Labute approximate surface area is 174 Å². The monoisotopic (exact) mass is 421 g/mol. The quantitative estimate of drug-likeness (QED) is 0.712. The van der Waals surface area contributed by atoms with E-state index < -0.39 is 17.2 Å². The number of hydrogen-bond acceptors (Lipinski definition) is 5. The molecular weight excluding hydrogens is 393 g/mol. The van der Waals surface area contributed by atoms with E-state index in [1.807, 2.05) is 19.2 Å². The Morgan fingerprint density at radius 3 is 2.41 bits per heavy atom. The molecule has 0 fully saturated rings. The first-order chi connectivity index (χ1) is 13.4. The number of halogens is 1. The molecule has 2 aromatic rings. The van der Waals surface area contributed by atoms with Crippen LogP contribution in [0, 0.1) is 5.82 Å². The molecule has 1 heterocycles. The zero-order valence-corrected chi connectivity index (χ0v) is 18.3. The summed E-state index contributed by atoms with van der Waals surface area (Å²) in [5, 5.41) is 8.29. The van der Waals surface area contributed by atoms with E-state index >= 15 is 0 Å². The molecule has 1 aromatic heterocycles. The van der Waals surface area contributed by atoms with E-state index in [1.54, 1.807) is 32.9 Å². The fourth-order valence-corrected chi connectivity index (χ4v) is 3.35.